The van der Waals surface area contributed by atoms with Gasteiger partial charge in [0.15, 0.2) is 10.9 Å². The normalized spacial score (nSPS) is 15.2. The molecule has 0 fully saturated rings. The maximum absolute atomic E-state index is 12.8. The Labute approximate surface area is 151 Å². The van der Waals surface area contributed by atoms with E-state index in [0.717, 1.165) is 22.5 Å². The molecule has 0 aliphatic carbocycles. The van der Waals surface area contributed by atoms with Crippen LogP contribution in [0.4, 0.5) is 0 Å². The number of aryl methyl sites for hydroxylation is 3. The number of fused-ring (bicyclic) bond motifs is 1. The molecule has 3 aromatic rings. The van der Waals surface area contributed by atoms with Crippen LogP contribution in [0.5, 0.6) is 0 Å². The Morgan fingerprint density at radius 3 is 2.62 bits per heavy atom. The molecule has 26 heavy (non-hydrogen) atoms. The van der Waals surface area contributed by atoms with Gasteiger partial charge in [0, 0.05) is 57.3 Å². The van der Waals surface area contributed by atoms with Gasteiger partial charge < -0.3 is 4.57 Å². The Morgan fingerprint density at radius 1 is 1.15 bits per heavy atom. The fourth-order valence-electron chi connectivity index (χ4n) is 3.08. The van der Waals surface area contributed by atoms with E-state index >= 15 is 0 Å². The van der Waals surface area contributed by atoms with E-state index < -0.39 is 10.0 Å². The highest BCUT2D eigenvalue weighted by Crippen LogP contribution is 2.26. The van der Waals surface area contributed by atoms with Gasteiger partial charge in [-0.3, -0.25) is 4.68 Å². The Balaban J connectivity index is 1.67. The van der Waals surface area contributed by atoms with Crippen molar-refractivity contribution in [2.75, 3.05) is 6.54 Å². The number of aromatic nitrogens is 6. The molecule has 0 amide bonds. The fourth-order valence-corrected chi connectivity index (χ4v) is 4.45. The van der Waals surface area contributed by atoms with E-state index in [1.165, 1.54) is 16.8 Å². The van der Waals surface area contributed by atoms with Crippen LogP contribution in [0.3, 0.4) is 0 Å². The highest BCUT2D eigenvalue weighted by Gasteiger charge is 2.32. The van der Waals surface area contributed by atoms with Crippen LogP contribution in [0.1, 0.15) is 17.0 Å². The van der Waals surface area contributed by atoms with Crippen LogP contribution in [0.25, 0.3) is 11.4 Å². The van der Waals surface area contributed by atoms with Crippen molar-refractivity contribution in [2.45, 2.75) is 24.9 Å². The molecule has 4 heterocycles. The zero-order chi connectivity index (χ0) is 18.5. The lowest BCUT2D eigenvalue weighted by Crippen LogP contribution is -2.37. The van der Waals surface area contributed by atoms with Crippen molar-refractivity contribution in [1.82, 2.24) is 33.6 Å². The molecular formula is C16H19N7O2S. The van der Waals surface area contributed by atoms with E-state index in [2.05, 4.69) is 20.1 Å². The molecule has 4 rings (SSSR count). The highest BCUT2D eigenvalue weighted by atomic mass is 32.2. The van der Waals surface area contributed by atoms with Gasteiger partial charge in [0.25, 0.3) is 10.0 Å². The third-order valence-corrected chi connectivity index (χ3v) is 6.21. The first-order valence-electron chi connectivity index (χ1n) is 8.18. The molecule has 10 heteroatoms. The Hall–Kier alpha value is -2.59. The second kappa shape index (κ2) is 5.99. The third kappa shape index (κ3) is 2.80. The monoisotopic (exact) mass is 373 g/mol. The molecule has 1 aliphatic heterocycles. The van der Waals surface area contributed by atoms with Crippen LogP contribution in [0, 0.1) is 6.92 Å². The van der Waals surface area contributed by atoms with Gasteiger partial charge in [-0.1, -0.05) is 0 Å². The van der Waals surface area contributed by atoms with Crippen molar-refractivity contribution in [2.24, 2.45) is 14.1 Å². The standard InChI is InChI=1S/C16H19N7O2S/c1-11-13-8-23(26(24,25)15-9-21(2)10-17-15)5-4-14(13)20-16(19-11)12-6-18-22(3)7-12/h6-7,9-10H,4-5,8H2,1-3H3. The minimum atomic E-state index is -3.63. The van der Waals surface area contributed by atoms with Crippen LogP contribution in [0.15, 0.2) is 29.9 Å². The van der Waals surface area contributed by atoms with Gasteiger partial charge in [0.1, 0.15) is 0 Å². The van der Waals surface area contributed by atoms with E-state index in [1.807, 2.05) is 20.2 Å². The molecule has 0 N–H and O–H groups in total. The molecule has 0 saturated heterocycles. The van der Waals surface area contributed by atoms with Gasteiger partial charge in [0.05, 0.1) is 23.8 Å². The van der Waals surface area contributed by atoms with Gasteiger partial charge in [-0.05, 0) is 6.92 Å². The van der Waals surface area contributed by atoms with Crippen molar-refractivity contribution in [3.63, 3.8) is 0 Å². The first-order valence-corrected chi connectivity index (χ1v) is 9.62. The lowest BCUT2D eigenvalue weighted by Gasteiger charge is -2.27. The van der Waals surface area contributed by atoms with E-state index in [4.69, 9.17) is 0 Å². The second-order valence-corrected chi connectivity index (χ2v) is 8.31. The lowest BCUT2D eigenvalue weighted by molar-refractivity contribution is 0.384. The second-order valence-electron chi connectivity index (χ2n) is 6.43. The minimum Gasteiger partial charge on any atom is -0.339 e. The maximum atomic E-state index is 12.8. The van der Waals surface area contributed by atoms with Crippen molar-refractivity contribution < 1.29 is 8.42 Å². The molecule has 136 valence electrons. The first kappa shape index (κ1) is 16.9. The molecule has 0 saturated carbocycles. The molecular weight excluding hydrogens is 354 g/mol. The van der Waals surface area contributed by atoms with E-state index in [1.54, 1.807) is 22.5 Å². The lowest BCUT2D eigenvalue weighted by atomic mass is 10.1. The van der Waals surface area contributed by atoms with Crippen molar-refractivity contribution in [1.29, 1.82) is 0 Å². The third-order valence-electron chi connectivity index (χ3n) is 4.48. The SMILES string of the molecule is Cc1nc(-c2cnn(C)c2)nc2c1CN(S(=O)(=O)c1cn(C)cn1)CC2. The average molecular weight is 373 g/mol. The minimum absolute atomic E-state index is 0.0639. The number of hydrogen-bond acceptors (Lipinski definition) is 6. The molecule has 0 bridgehead atoms. The van der Waals surface area contributed by atoms with Crippen LogP contribution in [-0.4, -0.2) is 48.6 Å². The average Bonchev–Trinajstić information content (AvgIpc) is 3.23. The predicted octanol–water partition coefficient (Wildman–Crippen LogP) is 0.666. The summed E-state index contributed by atoms with van der Waals surface area (Å²) in [5.41, 5.74) is 3.39. The summed E-state index contributed by atoms with van der Waals surface area (Å²) >= 11 is 0. The van der Waals surface area contributed by atoms with Crippen LogP contribution in [-0.2, 0) is 37.1 Å². The number of imidazole rings is 1. The summed E-state index contributed by atoms with van der Waals surface area (Å²) in [6, 6.07) is 0. The van der Waals surface area contributed by atoms with E-state index in [-0.39, 0.29) is 11.6 Å². The zero-order valence-corrected chi connectivity index (χ0v) is 15.6. The quantitative estimate of drug-likeness (QED) is 0.669. The maximum Gasteiger partial charge on any atom is 0.262 e. The Morgan fingerprint density at radius 2 is 1.96 bits per heavy atom. The van der Waals surface area contributed by atoms with E-state index in [9.17, 15) is 8.42 Å². The summed E-state index contributed by atoms with van der Waals surface area (Å²) in [5.74, 6) is 0.621. The first-order chi connectivity index (χ1) is 12.3. The summed E-state index contributed by atoms with van der Waals surface area (Å²) in [4.78, 5) is 13.2. The molecule has 9 nitrogen and oxygen atoms in total. The largest absolute Gasteiger partial charge is 0.339 e. The summed E-state index contributed by atoms with van der Waals surface area (Å²) < 4.78 is 30.4. The number of hydrogen-bond donors (Lipinski definition) is 0. The molecule has 0 unspecified atom stereocenters. The molecule has 0 atom stereocenters. The number of sulfonamides is 1. The van der Waals surface area contributed by atoms with Gasteiger partial charge in [-0.25, -0.2) is 23.4 Å². The number of rotatable bonds is 3. The Bertz CT molecular complexity index is 1080. The molecule has 0 radical (unpaired) electrons. The van der Waals surface area contributed by atoms with Gasteiger partial charge >= 0.3 is 0 Å². The molecule has 1 aliphatic rings. The van der Waals surface area contributed by atoms with Crippen molar-refractivity contribution >= 4 is 10.0 Å². The zero-order valence-electron chi connectivity index (χ0n) is 14.8. The summed E-state index contributed by atoms with van der Waals surface area (Å²) in [5, 5.41) is 4.22. The Kier molecular flexibility index (Phi) is 3.88. The molecule has 0 spiro atoms. The van der Waals surface area contributed by atoms with E-state index in [0.29, 0.717) is 18.8 Å². The smallest absolute Gasteiger partial charge is 0.262 e. The van der Waals surface area contributed by atoms with Crippen LogP contribution < -0.4 is 0 Å². The molecule has 0 aromatic carbocycles. The summed E-state index contributed by atoms with van der Waals surface area (Å²) in [7, 11) is -0.0392. The summed E-state index contributed by atoms with van der Waals surface area (Å²) in [6.07, 6.45) is 7.13. The van der Waals surface area contributed by atoms with Gasteiger partial charge in [0.2, 0.25) is 0 Å². The highest BCUT2D eigenvalue weighted by molar-refractivity contribution is 7.89. The predicted molar refractivity (Wildman–Crippen MR) is 93.5 cm³/mol. The fraction of sp³-hybridized carbons (Fsp3) is 0.375. The van der Waals surface area contributed by atoms with Crippen molar-refractivity contribution in [3.8, 4) is 11.4 Å². The summed E-state index contributed by atoms with van der Waals surface area (Å²) in [6.45, 7) is 2.51. The topological polar surface area (TPSA) is 98.8 Å². The van der Waals surface area contributed by atoms with Gasteiger partial charge in [-0.2, -0.15) is 9.40 Å². The number of nitrogens with zero attached hydrogens (tertiary/aromatic N) is 7. The van der Waals surface area contributed by atoms with Crippen molar-refractivity contribution in [3.05, 3.63) is 41.9 Å². The van der Waals surface area contributed by atoms with Gasteiger partial charge in [-0.15, -0.1) is 0 Å². The molecule has 3 aromatic heterocycles. The van der Waals surface area contributed by atoms with Crippen LogP contribution >= 0.6 is 0 Å². The van der Waals surface area contributed by atoms with Crippen LogP contribution in [0.2, 0.25) is 0 Å².